The van der Waals surface area contributed by atoms with Crippen molar-refractivity contribution in [2.45, 2.75) is 24.4 Å². The second-order valence-corrected chi connectivity index (χ2v) is 5.29. The summed E-state index contributed by atoms with van der Waals surface area (Å²) in [5, 5.41) is 22.7. The van der Waals surface area contributed by atoms with Crippen LogP contribution >= 0.6 is 7.60 Å². The molecule has 0 heterocycles. The molecule has 2 radical (unpaired) electrons. The van der Waals surface area contributed by atoms with Crippen LogP contribution in [0.15, 0.2) is 0 Å². The first-order valence-corrected chi connectivity index (χ1v) is 5.87. The number of carboxylic acids is 3. The Kier molecular flexibility index (Phi) is 8.30. The average molecular weight is 310 g/mol. The summed E-state index contributed by atoms with van der Waals surface area (Å²) in [6.45, 7) is 0. The Labute approximate surface area is 131 Å². The van der Waals surface area contributed by atoms with E-state index < -0.39 is 49.9 Å². The van der Waals surface area contributed by atoms with E-state index in [0.717, 1.165) is 0 Å². The van der Waals surface area contributed by atoms with E-state index >= 15 is 0 Å². The molecule has 100 valence electrons. The van der Waals surface area contributed by atoms with Gasteiger partial charge in [-0.25, -0.2) is 0 Å². The fourth-order valence-electron chi connectivity index (χ4n) is 1.21. The van der Waals surface area contributed by atoms with Crippen LogP contribution in [0.1, 0.15) is 19.3 Å². The normalized spacial score (nSPS) is 14.1. The molecule has 0 saturated heterocycles. The Balaban J connectivity index is 0. The molecule has 1 unspecified atom stereocenters. The second kappa shape index (κ2) is 7.42. The van der Waals surface area contributed by atoms with Gasteiger partial charge in [-0.3, -0.25) is 18.9 Å². The van der Waals surface area contributed by atoms with Gasteiger partial charge < -0.3 is 25.1 Å². The molecule has 0 spiro atoms. The van der Waals surface area contributed by atoms with E-state index in [-0.39, 0.29) is 37.7 Å². The molecule has 9 nitrogen and oxygen atoms in total. The van der Waals surface area contributed by atoms with Crippen LogP contribution in [-0.4, -0.2) is 85.9 Å². The molecular weight excluding hydrogens is 299 g/mol. The molecule has 0 aliphatic carbocycles. The van der Waals surface area contributed by atoms with Crippen molar-refractivity contribution in [1.29, 1.82) is 0 Å². The second-order valence-electron chi connectivity index (χ2n) is 3.35. The van der Waals surface area contributed by atoms with Crippen LogP contribution in [0.2, 0.25) is 0 Å². The fraction of sp³-hybridized carbons (Fsp3) is 0.571. The molecule has 0 saturated carbocycles. The van der Waals surface area contributed by atoms with E-state index in [1.807, 2.05) is 0 Å². The standard InChI is InChI=1S/C7H11O9P.Ca/c8-4(9)1-2-7(6(12)13,3-5(10)11)17(14,15)16;/h1-3H2,(H,8,9)(H,10,11)(H,12,13)(H2,14,15,16);. The molecule has 0 bridgehead atoms. The Morgan fingerprint density at radius 2 is 1.44 bits per heavy atom. The van der Waals surface area contributed by atoms with Gasteiger partial charge in [0.2, 0.25) is 0 Å². The molecule has 0 aromatic carbocycles. The molecule has 0 aromatic rings. The third kappa shape index (κ3) is 5.21. The molecule has 0 rings (SSSR count). The minimum absolute atomic E-state index is 0. The number of carbonyl (C=O) groups is 3. The minimum atomic E-state index is -5.32. The first-order chi connectivity index (χ1) is 7.53. The van der Waals surface area contributed by atoms with Crippen molar-refractivity contribution in [2.24, 2.45) is 0 Å². The van der Waals surface area contributed by atoms with Crippen LogP contribution in [-0.2, 0) is 18.9 Å². The summed E-state index contributed by atoms with van der Waals surface area (Å²) < 4.78 is 11.1. The topological polar surface area (TPSA) is 169 Å². The fourth-order valence-corrected chi connectivity index (χ4v) is 2.20. The molecular formula is C7H11CaO9P. The van der Waals surface area contributed by atoms with Gasteiger partial charge >= 0.3 is 25.5 Å². The number of carboxylic acid groups (broad SMARTS) is 3. The first kappa shape index (κ1) is 20.1. The van der Waals surface area contributed by atoms with Gasteiger partial charge in [0.15, 0.2) is 5.16 Å². The number of aliphatic carboxylic acids is 3. The van der Waals surface area contributed by atoms with Gasteiger partial charge in [0.25, 0.3) is 0 Å². The molecule has 0 aliphatic heterocycles. The molecule has 5 N–H and O–H groups in total. The molecule has 0 aliphatic rings. The van der Waals surface area contributed by atoms with E-state index in [2.05, 4.69) is 0 Å². The summed E-state index contributed by atoms with van der Waals surface area (Å²) in [6, 6.07) is 0. The summed E-state index contributed by atoms with van der Waals surface area (Å²) in [5.74, 6) is -5.25. The SMILES string of the molecule is O=C(O)CCC(CC(=O)O)(C(=O)O)P(=O)(O)O.[Ca]. The third-order valence-electron chi connectivity index (χ3n) is 2.15. The van der Waals surface area contributed by atoms with Gasteiger partial charge in [-0.2, -0.15) is 0 Å². The van der Waals surface area contributed by atoms with Gasteiger partial charge in [-0.05, 0) is 6.42 Å². The predicted octanol–water partition coefficient (Wildman–Crippen LogP) is -1.05. The van der Waals surface area contributed by atoms with Crippen LogP contribution in [0.4, 0.5) is 0 Å². The van der Waals surface area contributed by atoms with Crippen LogP contribution in [0.25, 0.3) is 0 Å². The van der Waals surface area contributed by atoms with Crippen molar-refractivity contribution in [2.75, 3.05) is 0 Å². The van der Waals surface area contributed by atoms with Crippen molar-refractivity contribution in [1.82, 2.24) is 0 Å². The van der Waals surface area contributed by atoms with E-state index in [0.29, 0.717) is 0 Å². The average Bonchev–Trinajstić information content (AvgIpc) is 2.08. The van der Waals surface area contributed by atoms with Crippen LogP contribution < -0.4 is 0 Å². The Hall–Kier alpha value is -0.180. The summed E-state index contributed by atoms with van der Waals surface area (Å²) in [6.07, 6.45) is -3.17. The zero-order valence-electron chi connectivity index (χ0n) is 9.14. The Bertz CT molecular complexity index is 388. The minimum Gasteiger partial charge on any atom is -0.481 e. The Morgan fingerprint density at radius 1 is 1.00 bits per heavy atom. The first-order valence-electron chi connectivity index (χ1n) is 4.25. The summed E-state index contributed by atoms with van der Waals surface area (Å²) in [5.41, 5.74) is 0. The molecule has 0 fully saturated rings. The zero-order chi connectivity index (χ0) is 13.9. The smallest absolute Gasteiger partial charge is 0.343 e. The van der Waals surface area contributed by atoms with Crippen molar-refractivity contribution >= 4 is 63.2 Å². The summed E-state index contributed by atoms with van der Waals surface area (Å²) in [4.78, 5) is 49.5. The van der Waals surface area contributed by atoms with E-state index in [1.54, 1.807) is 0 Å². The molecule has 1 atom stereocenters. The zero-order valence-corrected chi connectivity index (χ0v) is 12.2. The maximum Gasteiger partial charge on any atom is 0.343 e. The monoisotopic (exact) mass is 310 g/mol. The van der Waals surface area contributed by atoms with Crippen LogP contribution in [0.3, 0.4) is 0 Å². The predicted molar refractivity (Wildman–Crippen MR) is 57.3 cm³/mol. The van der Waals surface area contributed by atoms with Gasteiger partial charge in [0, 0.05) is 44.2 Å². The number of rotatable bonds is 7. The van der Waals surface area contributed by atoms with Crippen LogP contribution in [0.5, 0.6) is 0 Å². The summed E-state index contributed by atoms with van der Waals surface area (Å²) in [7, 11) is -5.32. The van der Waals surface area contributed by atoms with Crippen molar-refractivity contribution in [3.8, 4) is 0 Å². The van der Waals surface area contributed by atoms with E-state index in [1.165, 1.54) is 0 Å². The third-order valence-corrected chi connectivity index (χ3v) is 3.84. The van der Waals surface area contributed by atoms with Gasteiger partial charge in [-0.15, -0.1) is 0 Å². The van der Waals surface area contributed by atoms with Crippen molar-refractivity contribution < 1.29 is 44.1 Å². The largest absolute Gasteiger partial charge is 0.481 e. The maximum absolute atomic E-state index is 11.1. The van der Waals surface area contributed by atoms with E-state index in [9.17, 15) is 18.9 Å². The molecule has 18 heavy (non-hydrogen) atoms. The van der Waals surface area contributed by atoms with Crippen molar-refractivity contribution in [3.63, 3.8) is 0 Å². The van der Waals surface area contributed by atoms with Gasteiger partial charge in [-0.1, -0.05) is 0 Å². The number of hydrogen-bond donors (Lipinski definition) is 5. The van der Waals surface area contributed by atoms with Crippen LogP contribution in [0, 0.1) is 0 Å². The van der Waals surface area contributed by atoms with E-state index in [4.69, 9.17) is 25.1 Å². The maximum atomic E-state index is 11.1. The quantitative estimate of drug-likeness (QED) is 0.290. The summed E-state index contributed by atoms with van der Waals surface area (Å²) >= 11 is 0. The molecule has 0 amide bonds. The van der Waals surface area contributed by atoms with Gasteiger partial charge in [0.05, 0.1) is 6.42 Å². The molecule has 0 aromatic heterocycles. The van der Waals surface area contributed by atoms with Gasteiger partial charge in [0.1, 0.15) is 0 Å². The molecule has 11 heteroatoms. The number of hydrogen-bond acceptors (Lipinski definition) is 4. The van der Waals surface area contributed by atoms with Crippen molar-refractivity contribution in [3.05, 3.63) is 0 Å². The Morgan fingerprint density at radius 3 is 1.67 bits per heavy atom.